The maximum Gasteiger partial charge on any atom is 0.325 e. The largest absolute Gasteiger partial charge is 0.480 e. The Balaban J connectivity index is 2.15. The van der Waals surface area contributed by atoms with Gasteiger partial charge in [0.25, 0.3) is 0 Å². The van der Waals surface area contributed by atoms with Crippen molar-refractivity contribution in [3.8, 4) is 0 Å². The highest BCUT2D eigenvalue weighted by atomic mass is 79.9. The molecule has 0 spiro atoms. The summed E-state index contributed by atoms with van der Waals surface area (Å²) >= 11 is 3.05. The van der Waals surface area contributed by atoms with E-state index in [0.717, 1.165) is 5.56 Å². The lowest BCUT2D eigenvalue weighted by atomic mass is 10.1. The van der Waals surface area contributed by atoms with Gasteiger partial charge < -0.3 is 5.11 Å². The van der Waals surface area contributed by atoms with Crippen molar-refractivity contribution in [3.63, 3.8) is 0 Å². The summed E-state index contributed by atoms with van der Waals surface area (Å²) in [6, 6.07) is 12.8. The topological polar surface area (TPSA) is 49.3 Å². The fraction of sp³-hybridized carbons (Fsp3) is 0.133. The Labute approximate surface area is 124 Å². The van der Waals surface area contributed by atoms with Crippen LogP contribution in [0.15, 0.2) is 53.0 Å². The van der Waals surface area contributed by atoms with Crippen LogP contribution >= 0.6 is 15.9 Å². The number of hydrogen-bond acceptors (Lipinski definition) is 2. The SMILES string of the molecule is O=C(O)C(NCc1ccccc1)c1ccc(Br)c(F)c1. The first-order chi connectivity index (χ1) is 9.58. The van der Waals surface area contributed by atoms with Crippen molar-refractivity contribution in [3.05, 3.63) is 69.9 Å². The van der Waals surface area contributed by atoms with Crippen molar-refractivity contribution in [2.24, 2.45) is 0 Å². The van der Waals surface area contributed by atoms with Gasteiger partial charge in [-0.3, -0.25) is 10.1 Å². The summed E-state index contributed by atoms with van der Waals surface area (Å²) in [6.45, 7) is 0.398. The van der Waals surface area contributed by atoms with Crippen LogP contribution < -0.4 is 5.32 Å². The number of rotatable bonds is 5. The van der Waals surface area contributed by atoms with Gasteiger partial charge in [-0.05, 0) is 39.2 Å². The minimum atomic E-state index is -1.04. The molecule has 2 N–H and O–H groups in total. The van der Waals surface area contributed by atoms with Crippen molar-refractivity contribution < 1.29 is 14.3 Å². The van der Waals surface area contributed by atoms with Crippen LogP contribution in [-0.2, 0) is 11.3 Å². The quantitative estimate of drug-likeness (QED) is 0.877. The third-order valence-corrected chi connectivity index (χ3v) is 3.52. The zero-order valence-corrected chi connectivity index (χ0v) is 12.1. The van der Waals surface area contributed by atoms with E-state index < -0.39 is 17.8 Å². The highest BCUT2D eigenvalue weighted by Crippen LogP contribution is 2.21. The Morgan fingerprint density at radius 2 is 1.95 bits per heavy atom. The van der Waals surface area contributed by atoms with E-state index in [9.17, 15) is 14.3 Å². The maximum atomic E-state index is 13.5. The van der Waals surface area contributed by atoms with Gasteiger partial charge in [-0.25, -0.2) is 4.39 Å². The summed E-state index contributed by atoms with van der Waals surface area (Å²) < 4.78 is 13.8. The smallest absolute Gasteiger partial charge is 0.325 e. The molecular weight excluding hydrogens is 325 g/mol. The summed E-state index contributed by atoms with van der Waals surface area (Å²) in [4.78, 5) is 11.3. The zero-order valence-electron chi connectivity index (χ0n) is 10.5. The number of halogens is 2. The van der Waals surface area contributed by atoms with Crippen molar-refractivity contribution >= 4 is 21.9 Å². The fourth-order valence-electron chi connectivity index (χ4n) is 1.86. The van der Waals surface area contributed by atoms with E-state index in [1.165, 1.54) is 12.1 Å². The van der Waals surface area contributed by atoms with Gasteiger partial charge in [-0.2, -0.15) is 0 Å². The normalized spacial score (nSPS) is 12.1. The molecule has 2 aromatic carbocycles. The van der Waals surface area contributed by atoms with Gasteiger partial charge in [-0.1, -0.05) is 36.4 Å². The fourth-order valence-corrected chi connectivity index (χ4v) is 2.10. The Morgan fingerprint density at radius 1 is 1.25 bits per heavy atom. The Bertz CT molecular complexity index is 604. The van der Waals surface area contributed by atoms with Gasteiger partial charge in [0, 0.05) is 6.54 Å². The lowest BCUT2D eigenvalue weighted by molar-refractivity contribution is -0.139. The molecule has 0 bridgehead atoms. The van der Waals surface area contributed by atoms with Crippen molar-refractivity contribution in [1.82, 2.24) is 5.32 Å². The Hall–Kier alpha value is -1.72. The second-order valence-corrected chi connectivity index (χ2v) is 5.17. The summed E-state index contributed by atoms with van der Waals surface area (Å²) in [5, 5.41) is 12.2. The summed E-state index contributed by atoms with van der Waals surface area (Å²) in [5.41, 5.74) is 1.35. The van der Waals surface area contributed by atoms with Crippen LogP contribution in [0, 0.1) is 5.82 Å². The molecular formula is C15H13BrFNO2. The van der Waals surface area contributed by atoms with E-state index in [1.807, 2.05) is 30.3 Å². The van der Waals surface area contributed by atoms with E-state index >= 15 is 0 Å². The molecule has 104 valence electrons. The van der Waals surface area contributed by atoms with Gasteiger partial charge in [0.15, 0.2) is 0 Å². The predicted octanol–water partition coefficient (Wildman–Crippen LogP) is 3.50. The van der Waals surface area contributed by atoms with Gasteiger partial charge in [-0.15, -0.1) is 0 Å². The maximum absolute atomic E-state index is 13.5. The molecule has 0 saturated heterocycles. The van der Waals surface area contributed by atoms with Crippen LogP contribution in [0.25, 0.3) is 0 Å². The van der Waals surface area contributed by atoms with Crippen LogP contribution in [-0.4, -0.2) is 11.1 Å². The molecule has 0 aliphatic carbocycles. The number of aliphatic carboxylic acids is 1. The first kappa shape index (κ1) is 14.7. The van der Waals surface area contributed by atoms with Gasteiger partial charge >= 0.3 is 5.97 Å². The molecule has 3 nitrogen and oxygen atoms in total. The Morgan fingerprint density at radius 3 is 2.55 bits per heavy atom. The molecule has 5 heteroatoms. The highest BCUT2D eigenvalue weighted by Gasteiger charge is 2.20. The Kier molecular flexibility index (Phi) is 4.87. The molecule has 1 unspecified atom stereocenters. The molecule has 0 radical (unpaired) electrons. The van der Waals surface area contributed by atoms with Crippen LogP contribution in [0.4, 0.5) is 4.39 Å². The average Bonchev–Trinajstić information content (AvgIpc) is 2.43. The predicted molar refractivity (Wildman–Crippen MR) is 77.8 cm³/mol. The molecule has 2 rings (SSSR count). The first-order valence-electron chi connectivity index (χ1n) is 6.03. The van der Waals surface area contributed by atoms with E-state index in [0.29, 0.717) is 16.6 Å². The summed E-state index contributed by atoms with van der Waals surface area (Å²) in [5.74, 6) is -1.52. The number of hydrogen-bond donors (Lipinski definition) is 2. The van der Waals surface area contributed by atoms with Crippen molar-refractivity contribution in [1.29, 1.82) is 0 Å². The van der Waals surface area contributed by atoms with Gasteiger partial charge in [0.2, 0.25) is 0 Å². The third kappa shape index (κ3) is 3.65. The molecule has 0 fully saturated rings. The van der Waals surface area contributed by atoms with Crippen LogP contribution in [0.3, 0.4) is 0 Å². The van der Waals surface area contributed by atoms with Crippen LogP contribution in [0.1, 0.15) is 17.2 Å². The average molecular weight is 338 g/mol. The minimum absolute atomic E-state index is 0.313. The molecule has 0 saturated carbocycles. The lowest BCUT2D eigenvalue weighted by Crippen LogP contribution is -2.28. The van der Waals surface area contributed by atoms with Crippen LogP contribution in [0.5, 0.6) is 0 Å². The summed E-state index contributed by atoms with van der Waals surface area (Å²) in [6.07, 6.45) is 0. The standard InChI is InChI=1S/C15H13BrFNO2/c16-12-7-6-11(8-13(12)17)14(15(19)20)18-9-10-4-2-1-3-5-10/h1-8,14,18H,9H2,(H,19,20). The van der Waals surface area contributed by atoms with E-state index in [4.69, 9.17) is 0 Å². The summed E-state index contributed by atoms with van der Waals surface area (Å²) in [7, 11) is 0. The molecule has 0 aliphatic rings. The number of benzene rings is 2. The number of nitrogens with one attached hydrogen (secondary N) is 1. The molecule has 0 heterocycles. The molecule has 2 aromatic rings. The molecule has 0 aliphatic heterocycles. The molecule has 0 aromatic heterocycles. The minimum Gasteiger partial charge on any atom is -0.480 e. The van der Waals surface area contributed by atoms with E-state index in [-0.39, 0.29) is 0 Å². The number of carbonyl (C=O) groups is 1. The van der Waals surface area contributed by atoms with Gasteiger partial charge in [0.1, 0.15) is 11.9 Å². The van der Waals surface area contributed by atoms with Crippen LogP contribution in [0.2, 0.25) is 0 Å². The number of carboxylic acids is 1. The molecule has 1 atom stereocenters. The second-order valence-electron chi connectivity index (χ2n) is 4.31. The van der Waals surface area contributed by atoms with Gasteiger partial charge in [0.05, 0.1) is 4.47 Å². The van der Waals surface area contributed by atoms with E-state index in [2.05, 4.69) is 21.2 Å². The zero-order chi connectivity index (χ0) is 14.5. The molecule has 20 heavy (non-hydrogen) atoms. The highest BCUT2D eigenvalue weighted by molar-refractivity contribution is 9.10. The van der Waals surface area contributed by atoms with E-state index in [1.54, 1.807) is 6.07 Å². The third-order valence-electron chi connectivity index (χ3n) is 2.88. The second kappa shape index (κ2) is 6.63. The lowest BCUT2D eigenvalue weighted by Gasteiger charge is -2.15. The monoisotopic (exact) mass is 337 g/mol. The number of carboxylic acid groups (broad SMARTS) is 1. The van der Waals surface area contributed by atoms with Crippen molar-refractivity contribution in [2.45, 2.75) is 12.6 Å². The van der Waals surface area contributed by atoms with Crippen molar-refractivity contribution in [2.75, 3.05) is 0 Å². The first-order valence-corrected chi connectivity index (χ1v) is 6.82. The molecule has 0 amide bonds.